The van der Waals surface area contributed by atoms with Gasteiger partial charge in [-0.05, 0) is 31.0 Å². The fourth-order valence-electron chi connectivity index (χ4n) is 3.60. The molecule has 2 aromatic rings. The lowest BCUT2D eigenvalue weighted by molar-refractivity contribution is -0.134. The Morgan fingerprint density at radius 3 is 2.85 bits per heavy atom. The molecule has 0 saturated carbocycles. The Kier molecular flexibility index (Phi) is 6.57. The maximum atomic E-state index is 12.4. The van der Waals surface area contributed by atoms with E-state index in [0.717, 1.165) is 57.2 Å². The summed E-state index contributed by atoms with van der Waals surface area (Å²) in [5.74, 6) is 3.08. The average Bonchev–Trinajstić information content (AvgIpc) is 3.10. The second-order valence-electron chi connectivity index (χ2n) is 6.70. The Hall–Kier alpha value is -1.83. The van der Waals surface area contributed by atoms with Crippen molar-refractivity contribution in [2.24, 2.45) is 0 Å². The van der Waals surface area contributed by atoms with Crippen LogP contribution in [0.3, 0.4) is 0 Å². The predicted molar refractivity (Wildman–Crippen MR) is 104 cm³/mol. The van der Waals surface area contributed by atoms with Gasteiger partial charge in [0, 0.05) is 37.1 Å². The van der Waals surface area contributed by atoms with Gasteiger partial charge < -0.3 is 19.5 Å². The number of carbonyl (C=O) groups excluding carboxylic acids is 1. The molecule has 1 N–H and O–H groups in total. The first-order valence-corrected chi connectivity index (χ1v) is 9.37. The number of piperidine rings is 1. The predicted octanol–water partition coefficient (Wildman–Crippen LogP) is 2.24. The zero-order valence-corrected chi connectivity index (χ0v) is 16.5. The van der Waals surface area contributed by atoms with Gasteiger partial charge in [0.2, 0.25) is 0 Å². The molecule has 0 unspecified atom stereocenters. The summed E-state index contributed by atoms with van der Waals surface area (Å²) in [6.07, 6.45) is 1.82. The Labute approximate surface area is 169 Å². The van der Waals surface area contributed by atoms with Gasteiger partial charge >= 0.3 is 0 Å². The molecule has 0 spiro atoms. The summed E-state index contributed by atoms with van der Waals surface area (Å²) in [6, 6.07) is 7.10. The monoisotopic (exact) mass is 411 g/mol. The van der Waals surface area contributed by atoms with Crippen LogP contribution in [0.25, 0.3) is 0 Å². The Morgan fingerprint density at radius 2 is 2.07 bits per heavy atom. The van der Waals surface area contributed by atoms with E-state index in [0.29, 0.717) is 16.7 Å². The third-order valence-electron chi connectivity index (χ3n) is 5.02. The molecule has 2 aliphatic rings. The first-order chi connectivity index (χ1) is 12.7. The second kappa shape index (κ2) is 8.91. The number of amides is 1. The van der Waals surface area contributed by atoms with Crippen LogP contribution >= 0.6 is 24.0 Å². The Balaban J connectivity index is 0.00000210. The number of ether oxygens (including phenoxy) is 1. The van der Waals surface area contributed by atoms with Crippen LogP contribution in [0.4, 0.5) is 0 Å². The lowest BCUT2D eigenvalue weighted by Crippen LogP contribution is -2.41. The van der Waals surface area contributed by atoms with Crippen molar-refractivity contribution in [3.8, 4) is 5.75 Å². The number of fused-ring (bicyclic) bond motifs is 1. The number of benzene rings is 1. The molecule has 7 nitrogen and oxygen atoms in total. The molecule has 1 aromatic carbocycles. The molecule has 4 rings (SSSR count). The van der Waals surface area contributed by atoms with Gasteiger partial charge in [0.05, 0.1) is 6.54 Å². The number of nitrogens with one attached hydrogen (secondary N) is 1. The molecule has 2 aliphatic heterocycles. The second-order valence-corrected chi connectivity index (χ2v) is 7.14. The topological polar surface area (TPSA) is 72.3 Å². The molecule has 1 amide bonds. The fourth-order valence-corrected chi connectivity index (χ4v) is 3.78. The molecule has 27 heavy (non-hydrogen) atoms. The highest BCUT2D eigenvalue weighted by Gasteiger charge is 2.28. The summed E-state index contributed by atoms with van der Waals surface area (Å²) in [5.41, 5.74) is 0. The summed E-state index contributed by atoms with van der Waals surface area (Å²) < 4.78 is 7.80. The summed E-state index contributed by atoms with van der Waals surface area (Å²) in [5, 5.41) is 12.6. The van der Waals surface area contributed by atoms with E-state index in [1.54, 1.807) is 18.2 Å². The van der Waals surface area contributed by atoms with Crippen molar-refractivity contribution in [1.29, 1.82) is 0 Å². The van der Waals surface area contributed by atoms with Gasteiger partial charge in [-0.15, -0.1) is 22.6 Å². The molecule has 3 heterocycles. The largest absolute Gasteiger partial charge is 0.484 e. The highest BCUT2D eigenvalue weighted by molar-refractivity contribution is 6.30. The molecule has 1 aromatic heterocycles. The molecular weight excluding hydrogens is 389 g/mol. The lowest BCUT2D eigenvalue weighted by Gasteiger charge is -2.32. The molecule has 0 bridgehead atoms. The SMILES string of the molecule is Cl.O=C(COc1cccc(Cl)c1)N1CCC(c2nnc3n2CCNC3)CC1. The highest BCUT2D eigenvalue weighted by Crippen LogP contribution is 2.28. The normalized spacial score (nSPS) is 17.1. The van der Waals surface area contributed by atoms with E-state index in [9.17, 15) is 4.79 Å². The molecule has 1 fully saturated rings. The summed E-state index contributed by atoms with van der Waals surface area (Å²) >= 11 is 5.93. The zero-order chi connectivity index (χ0) is 17.9. The van der Waals surface area contributed by atoms with Crippen molar-refractivity contribution in [2.45, 2.75) is 31.8 Å². The standard InChI is InChI=1S/C18H22ClN5O2.ClH/c19-14-2-1-3-15(10-14)26-12-17(25)23-7-4-13(5-8-23)18-22-21-16-11-20-6-9-24(16)18;/h1-3,10,13,20H,4-9,11-12H2;1H. The minimum Gasteiger partial charge on any atom is -0.484 e. The van der Waals surface area contributed by atoms with Crippen molar-refractivity contribution in [3.05, 3.63) is 40.9 Å². The van der Waals surface area contributed by atoms with E-state index in [4.69, 9.17) is 16.3 Å². The van der Waals surface area contributed by atoms with Crippen LogP contribution in [-0.2, 0) is 17.9 Å². The van der Waals surface area contributed by atoms with Crippen molar-refractivity contribution in [3.63, 3.8) is 0 Å². The molecular formula is C18H23Cl2N5O2. The van der Waals surface area contributed by atoms with E-state index in [2.05, 4.69) is 20.1 Å². The van der Waals surface area contributed by atoms with Crippen LogP contribution < -0.4 is 10.1 Å². The van der Waals surface area contributed by atoms with E-state index in [1.165, 1.54) is 0 Å². The molecule has 9 heteroatoms. The number of rotatable bonds is 4. The van der Waals surface area contributed by atoms with Crippen LogP contribution in [-0.4, -0.2) is 51.8 Å². The number of aromatic nitrogens is 3. The average molecular weight is 412 g/mol. The lowest BCUT2D eigenvalue weighted by atomic mass is 9.95. The minimum absolute atomic E-state index is 0. The third kappa shape index (κ3) is 4.54. The van der Waals surface area contributed by atoms with Gasteiger partial charge in [0.1, 0.15) is 17.4 Å². The quantitative estimate of drug-likeness (QED) is 0.834. The van der Waals surface area contributed by atoms with Gasteiger partial charge in [-0.1, -0.05) is 17.7 Å². The summed E-state index contributed by atoms with van der Waals surface area (Å²) in [6.45, 7) is 4.15. The van der Waals surface area contributed by atoms with Crippen LogP contribution in [0.5, 0.6) is 5.75 Å². The smallest absolute Gasteiger partial charge is 0.260 e. The van der Waals surface area contributed by atoms with E-state index < -0.39 is 0 Å². The maximum absolute atomic E-state index is 12.4. The van der Waals surface area contributed by atoms with E-state index in [1.807, 2.05) is 11.0 Å². The maximum Gasteiger partial charge on any atom is 0.260 e. The number of hydrogen-bond acceptors (Lipinski definition) is 5. The number of likely N-dealkylation sites (tertiary alicyclic amines) is 1. The number of carbonyl (C=O) groups is 1. The van der Waals surface area contributed by atoms with Crippen LogP contribution in [0.1, 0.15) is 30.4 Å². The van der Waals surface area contributed by atoms with Gasteiger partial charge in [0.25, 0.3) is 5.91 Å². The Bertz CT molecular complexity index is 790. The van der Waals surface area contributed by atoms with Gasteiger partial charge in [-0.3, -0.25) is 4.79 Å². The van der Waals surface area contributed by atoms with Crippen LogP contribution in [0.15, 0.2) is 24.3 Å². The summed E-state index contributed by atoms with van der Waals surface area (Å²) in [7, 11) is 0. The Morgan fingerprint density at radius 1 is 1.26 bits per heavy atom. The number of hydrogen-bond donors (Lipinski definition) is 1. The molecule has 0 atom stereocenters. The first-order valence-electron chi connectivity index (χ1n) is 8.99. The van der Waals surface area contributed by atoms with Crippen LogP contribution in [0.2, 0.25) is 5.02 Å². The zero-order valence-electron chi connectivity index (χ0n) is 14.9. The van der Waals surface area contributed by atoms with Crippen molar-refractivity contribution >= 4 is 29.9 Å². The fraction of sp³-hybridized carbons (Fsp3) is 0.500. The van der Waals surface area contributed by atoms with E-state index >= 15 is 0 Å². The van der Waals surface area contributed by atoms with Crippen molar-refractivity contribution < 1.29 is 9.53 Å². The van der Waals surface area contributed by atoms with E-state index in [-0.39, 0.29) is 24.9 Å². The minimum atomic E-state index is 0. The number of halogens is 2. The molecule has 146 valence electrons. The molecule has 1 saturated heterocycles. The third-order valence-corrected chi connectivity index (χ3v) is 5.26. The molecule has 0 radical (unpaired) electrons. The van der Waals surface area contributed by atoms with Crippen molar-refractivity contribution in [2.75, 3.05) is 26.2 Å². The van der Waals surface area contributed by atoms with Gasteiger partial charge in [-0.2, -0.15) is 0 Å². The molecule has 0 aliphatic carbocycles. The summed E-state index contributed by atoms with van der Waals surface area (Å²) in [4.78, 5) is 14.3. The first kappa shape index (κ1) is 19.9. The van der Waals surface area contributed by atoms with Crippen molar-refractivity contribution in [1.82, 2.24) is 25.0 Å². The highest BCUT2D eigenvalue weighted by atomic mass is 35.5. The van der Waals surface area contributed by atoms with Gasteiger partial charge in [-0.25, -0.2) is 0 Å². The van der Waals surface area contributed by atoms with Crippen LogP contribution in [0, 0.1) is 0 Å². The van der Waals surface area contributed by atoms with Gasteiger partial charge in [0.15, 0.2) is 6.61 Å². The number of nitrogens with zero attached hydrogens (tertiary/aromatic N) is 4.